The van der Waals surface area contributed by atoms with E-state index in [1.165, 1.54) is 41.4 Å². The van der Waals surface area contributed by atoms with Gasteiger partial charge in [-0.25, -0.2) is 4.98 Å². The number of fused-ring (bicyclic) bond motifs is 3. The van der Waals surface area contributed by atoms with Crippen molar-refractivity contribution in [2.75, 3.05) is 6.61 Å². The van der Waals surface area contributed by atoms with Crippen LogP contribution in [0.2, 0.25) is 5.02 Å². The maximum atomic E-state index is 10.1. The van der Waals surface area contributed by atoms with Crippen LogP contribution in [-0.2, 0) is 13.0 Å². The maximum absolute atomic E-state index is 10.1. The average Bonchev–Trinajstić information content (AvgIpc) is 3.35. The molecule has 5 rings (SSSR count). The van der Waals surface area contributed by atoms with Crippen molar-refractivity contribution in [3.63, 3.8) is 0 Å². The standard InChI is InChI=1S/C24H25ClN4O2/c25-17-7-10-23-22(11-17)21-4-2-1-3-20(24(21)28-23)16-5-8-19(9-6-16)31-13-18(30)12-29-15-26-14-27-29/h5-11,14-15,18,20,28,30H,1-4,12-13H2. The van der Waals surface area contributed by atoms with Crippen LogP contribution in [0.1, 0.15) is 42.0 Å². The monoisotopic (exact) mass is 436 g/mol. The fraction of sp³-hybridized carbons (Fsp3) is 0.333. The predicted molar refractivity (Wildman–Crippen MR) is 121 cm³/mol. The number of aromatic nitrogens is 4. The molecule has 31 heavy (non-hydrogen) atoms. The zero-order valence-electron chi connectivity index (χ0n) is 17.2. The van der Waals surface area contributed by atoms with E-state index in [4.69, 9.17) is 16.3 Å². The molecule has 2 atom stereocenters. The van der Waals surface area contributed by atoms with Gasteiger partial charge in [0.1, 0.15) is 31.1 Å². The lowest BCUT2D eigenvalue weighted by Crippen LogP contribution is -2.23. The number of nitrogens with zero attached hydrogens (tertiary/aromatic N) is 3. The Balaban J connectivity index is 1.32. The number of benzene rings is 2. The van der Waals surface area contributed by atoms with Gasteiger partial charge < -0.3 is 14.8 Å². The van der Waals surface area contributed by atoms with Gasteiger partial charge in [-0.05, 0) is 60.7 Å². The summed E-state index contributed by atoms with van der Waals surface area (Å²) in [4.78, 5) is 7.55. The van der Waals surface area contributed by atoms with Gasteiger partial charge in [-0.15, -0.1) is 0 Å². The van der Waals surface area contributed by atoms with Crippen LogP contribution in [0, 0.1) is 0 Å². The molecule has 0 amide bonds. The summed E-state index contributed by atoms with van der Waals surface area (Å²) in [7, 11) is 0. The summed E-state index contributed by atoms with van der Waals surface area (Å²) in [5.41, 5.74) is 5.14. The molecule has 2 N–H and O–H groups in total. The lowest BCUT2D eigenvalue weighted by atomic mass is 9.91. The summed E-state index contributed by atoms with van der Waals surface area (Å²) >= 11 is 6.27. The van der Waals surface area contributed by atoms with Gasteiger partial charge >= 0.3 is 0 Å². The molecule has 4 aromatic rings. The van der Waals surface area contributed by atoms with Crippen molar-refractivity contribution in [1.29, 1.82) is 0 Å². The number of H-pyrrole nitrogens is 1. The number of ether oxygens (including phenoxy) is 1. The lowest BCUT2D eigenvalue weighted by molar-refractivity contribution is 0.0892. The van der Waals surface area contributed by atoms with Gasteiger partial charge in [-0.2, -0.15) is 5.10 Å². The number of hydrogen-bond acceptors (Lipinski definition) is 4. The summed E-state index contributed by atoms with van der Waals surface area (Å²) in [6.07, 6.45) is 6.96. The number of nitrogens with one attached hydrogen (secondary N) is 1. The first kappa shape index (κ1) is 20.1. The molecular formula is C24H25ClN4O2. The average molecular weight is 437 g/mol. The van der Waals surface area contributed by atoms with E-state index < -0.39 is 6.10 Å². The molecule has 160 valence electrons. The van der Waals surface area contributed by atoms with Gasteiger partial charge in [0, 0.05) is 27.5 Å². The van der Waals surface area contributed by atoms with E-state index in [2.05, 4.69) is 39.3 Å². The Morgan fingerprint density at radius 1 is 1.19 bits per heavy atom. The van der Waals surface area contributed by atoms with Crippen LogP contribution in [-0.4, -0.2) is 37.6 Å². The van der Waals surface area contributed by atoms with Crippen molar-refractivity contribution in [3.05, 3.63) is 77.0 Å². The van der Waals surface area contributed by atoms with E-state index >= 15 is 0 Å². The first-order valence-corrected chi connectivity index (χ1v) is 11.1. The second-order valence-corrected chi connectivity index (χ2v) is 8.59. The van der Waals surface area contributed by atoms with E-state index in [0.717, 1.165) is 29.1 Å². The van der Waals surface area contributed by atoms with Crippen LogP contribution < -0.4 is 4.74 Å². The molecule has 0 aliphatic heterocycles. The van der Waals surface area contributed by atoms with Gasteiger partial charge in [0.25, 0.3) is 0 Å². The molecule has 1 aliphatic rings. The Labute approximate surface area is 185 Å². The highest BCUT2D eigenvalue weighted by atomic mass is 35.5. The molecule has 1 aliphatic carbocycles. The highest BCUT2D eigenvalue weighted by molar-refractivity contribution is 6.31. The lowest BCUT2D eigenvalue weighted by Gasteiger charge is -2.17. The van der Waals surface area contributed by atoms with Gasteiger partial charge in [-0.1, -0.05) is 30.2 Å². The summed E-state index contributed by atoms with van der Waals surface area (Å²) in [5, 5.41) is 16.2. The van der Waals surface area contributed by atoms with Crippen molar-refractivity contribution in [2.24, 2.45) is 0 Å². The molecule has 7 heteroatoms. The van der Waals surface area contributed by atoms with Crippen molar-refractivity contribution in [2.45, 2.75) is 44.2 Å². The Kier molecular flexibility index (Phi) is 5.66. The number of aromatic amines is 1. The molecule has 0 saturated heterocycles. The Hall–Kier alpha value is -2.83. The Morgan fingerprint density at radius 3 is 2.87 bits per heavy atom. The Bertz CT molecular complexity index is 1150. The predicted octanol–water partition coefficient (Wildman–Crippen LogP) is 4.71. The van der Waals surface area contributed by atoms with Gasteiger partial charge in [0.05, 0.1) is 6.54 Å². The molecule has 2 heterocycles. The summed E-state index contributed by atoms with van der Waals surface area (Å²) < 4.78 is 7.37. The van der Waals surface area contributed by atoms with Crippen molar-refractivity contribution in [1.82, 2.24) is 19.7 Å². The molecule has 2 aromatic heterocycles. The number of aliphatic hydroxyl groups is 1. The van der Waals surface area contributed by atoms with Crippen molar-refractivity contribution >= 4 is 22.5 Å². The molecule has 0 bridgehead atoms. The number of halogens is 1. The quantitative estimate of drug-likeness (QED) is 0.429. The molecule has 6 nitrogen and oxygen atoms in total. The zero-order valence-corrected chi connectivity index (χ0v) is 17.9. The minimum absolute atomic E-state index is 0.204. The SMILES string of the molecule is OC(COc1ccc(C2CCCCc3c2[nH]c2ccc(Cl)cc32)cc1)Cn1cncn1. The Morgan fingerprint density at radius 2 is 2.06 bits per heavy atom. The number of rotatable bonds is 6. The molecule has 0 fully saturated rings. The fourth-order valence-corrected chi connectivity index (χ4v) is 4.69. The molecule has 0 spiro atoms. The third-order valence-electron chi connectivity index (χ3n) is 6.01. The topological polar surface area (TPSA) is 76.0 Å². The van der Waals surface area contributed by atoms with Crippen molar-refractivity contribution < 1.29 is 9.84 Å². The summed E-state index contributed by atoms with van der Waals surface area (Å²) in [5.74, 6) is 1.08. The number of hydrogen-bond donors (Lipinski definition) is 2. The van der Waals surface area contributed by atoms with E-state index in [1.807, 2.05) is 18.2 Å². The third-order valence-corrected chi connectivity index (χ3v) is 6.24. The normalized spacial score (nSPS) is 17.3. The highest BCUT2D eigenvalue weighted by Gasteiger charge is 2.24. The molecule has 0 saturated carbocycles. The fourth-order valence-electron chi connectivity index (χ4n) is 4.52. The minimum atomic E-state index is -0.649. The van der Waals surface area contributed by atoms with Crippen LogP contribution in [0.3, 0.4) is 0 Å². The van der Waals surface area contributed by atoms with Crippen LogP contribution in [0.4, 0.5) is 0 Å². The maximum Gasteiger partial charge on any atom is 0.137 e. The first-order chi connectivity index (χ1) is 15.2. The van der Waals surface area contributed by atoms with Gasteiger partial charge in [0.15, 0.2) is 0 Å². The van der Waals surface area contributed by atoms with Gasteiger partial charge in [-0.3, -0.25) is 4.68 Å². The number of aliphatic hydroxyl groups excluding tert-OH is 1. The third kappa shape index (κ3) is 4.31. The minimum Gasteiger partial charge on any atom is -0.491 e. The van der Waals surface area contributed by atoms with E-state index in [9.17, 15) is 5.11 Å². The second-order valence-electron chi connectivity index (χ2n) is 8.16. The molecule has 0 radical (unpaired) electrons. The van der Waals surface area contributed by atoms with E-state index in [-0.39, 0.29) is 6.61 Å². The van der Waals surface area contributed by atoms with Gasteiger partial charge in [0.2, 0.25) is 0 Å². The highest BCUT2D eigenvalue weighted by Crippen LogP contribution is 2.39. The van der Waals surface area contributed by atoms with Crippen LogP contribution >= 0.6 is 11.6 Å². The van der Waals surface area contributed by atoms with Crippen LogP contribution in [0.25, 0.3) is 10.9 Å². The summed E-state index contributed by atoms with van der Waals surface area (Å²) in [6.45, 7) is 0.558. The van der Waals surface area contributed by atoms with E-state index in [0.29, 0.717) is 12.5 Å². The zero-order chi connectivity index (χ0) is 21.2. The van der Waals surface area contributed by atoms with Crippen LogP contribution in [0.15, 0.2) is 55.1 Å². The smallest absolute Gasteiger partial charge is 0.137 e. The van der Waals surface area contributed by atoms with Crippen molar-refractivity contribution in [3.8, 4) is 5.75 Å². The number of aryl methyl sites for hydroxylation is 1. The first-order valence-electron chi connectivity index (χ1n) is 10.7. The summed E-state index contributed by atoms with van der Waals surface area (Å²) in [6, 6.07) is 14.3. The largest absolute Gasteiger partial charge is 0.491 e. The van der Waals surface area contributed by atoms with Crippen LogP contribution in [0.5, 0.6) is 5.75 Å². The molecular weight excluding hydrogens is 412 g/mol. The van der Waals surface area contributed by atoms with E-state index in [1.54, 1.807) is 11.0 Å². The second kappa shape index (κ2) is 8.73. The molecule has 2 unspecified atom stereocenters. The molecule has 2 aromatic carbocycles.